The highest BCUT2D eigenvalue weighted by atomic mass is 16.5. The van der Waals surface area contributed by atoms with Gasteiger partial charge in [0.2, 0.25) is 0 Å². The number of ether oxygens (including phenoxy) is 1. The van der Waals surface area contributed by atoms with Gasteiger partial charge in [0.05, 0.1) is 30.6 Å². The number of hydrogen-bond acceptors (Lipinski definition) is 3. The quantitative estimate of drug-likeness (QED) is 0.777. The maximum atomic E-state index is 5.67. The molecule has 2 aliphatic heterocycles. The Balaban J connectivity index is 2.09. The molecule has 1 unspecified atom stereocenters. The van der Waals surface area contributed by atoms with E-state index in [1.165, 1.54) is 11.4 Å². The molecule has 1 saturated heterocycles. The van der Waals surface area contributed by atoms with E-state index in [0.717, 1.165) is 42.9 Å². The normalized spacial score (nSPS) is 23.2. The van der Waals surface area contributed by atoms with Gasteiger partial charge in [-0.3, -0.25) is 4.98 Å². The van der Waals surface area contributed by atoms with Gasteiger partial charge in [0.15, 0.2) is 0 Å². The molecule has 1 atom stereocenters. The van der Waals surface area contributed by atoms with Crippen LogP contribution in [0.1, 0.15) is 38.4 Å². The van der Waals surface area contributed by atoms with E-state index in [0.29, 0.717) is 6.04 Å². The molecule has 1 fully saturated rings. The lowest BCUT2D eigenvalue weighted by molar-refractivity contribution is 0.0810. The highest BCUT2D eigenvalue weighted by Crippen LogP contribution is 2.43. The molecular weight excluding hydrogens is 260 g/mol. The van der Waals surface area contributed by atoms with Gasteiger partial charge in [-0.1, -0.05) is 32.6 Å². The Hall–Kier alpha value is -1.61. The number of rotatable bonds is 2. The summed E-state index contributed by atoms with van der Waals surface area (Å²) in [5.74, 6) is 0. The summed E-state index contributed by atoms with van der Waals surface area (Å²) in [6, 6.07) is 2.69. The van der Waals surface area contributed by atoms with E-state index in [-0.39, 0.29) is 5.41 Å². The van der Waals surface area contributed by atoms with Crippen molar-refractivity contribution in [2.75, 3.05) is 24.7 Å². The Labute approximate surface area is 127 Å². The number of hydrogen-bond donors (Lipinski definition) is 0. The predicted molar refractivity (Wildman–Crippen MR) is 87.7 cm³/mol. The van der Waals surface area contributed by atoms with Crippen LogP contribution in [-0.2, 0) is 10.2 Å². The number of anilines is 1. The standard InChI is InChI=1S/C18H24N2O/c1-12(2)13(3)14-8-16-17(19-10-14)18(4,5)9-15-11-21-7-6-20(15)16/h8,10,15H,1,3,6-7,9,11H2,2,4-5H3. The Bertz CT molecular complexity index is 603. The highest BCUT2D eigenvalue weighted by Gasteiger charge is 2.40. The molecule has 3 heterocycles. The summed E-state index contributed by atoms with van der Waals surface area (Å²) in [7, 11) is 0. The van der Waals surface area contributed by atoms with Crippen LogP contribution in [0.2, 0.25) is 0 Å². The smallest absolute Gasteiger partial charge is 0.0694 e. The van der Waals surface area contributed by atoms with Crippen molar-refractivity contribution >= 4 is 11.3 Å². The van der Waals surface area contributed by atoms with Gasteiger partial charge in [0.1, 0.15) is 0 Å². The summed E-state index contributed by atoms with van der Waals surface area (Å²) in [6.07, 6.45) is 3.03. The van der Waals surface area contributed by atoms with E-state index < -0.39 is 0 Å². The Morgan fingerprint density at radius 2 is 2.19 bits per heavy atom. The van der Waals surface area contributed by atoms with Crippen molar-refractivity contribution < 1.29 is 4.74 Å². The van der Waals surface area contributed by atoms with Crippen LogP contribution in [0.5, 0.6) is 0 Å². The van der Waals surface area contributed by atoms with Gasteiger partial charge in [0, 0.05) is 23.7 Å². The third kappa shape index (κ3) is 2.40. The second-order valence-electron chi connectivity index (χ2n) is 6.86. The number of aromatic nitrogens is 1. The first kappa shape index (κ1) is 14.3. The van der Waals surface area contributed by atoms with Crippen molar-refractivity contribution in [3.63, 3.8) is 0 Å². The highest BCUT2D eigenvalue weighted by molar-refractivity contribution is 5.78. The Kier molecular flexibility index (Phi) is 3.40. The second kappa shape index (κ2) is 4.99. The summed E-state index contributed by atoms with van der Waals surface area (Å²) in [5, 5.41) is 0. The van der Waals surface area contributed by atoms with Crippen LogP contribution in [0.3, 0.4) is 0 Å². The van der Waals surface area contributed by atoms with Gasteiger partial charge in [-0.2, -0.15) is 0 Å². The fourth-order valence-electron chi connectivity index (χ4n) is 3.43. The van der Waals surface area contributed by atoms with Crippen molar-refractivity contribution in [3.05, 3.63) is 42.3 Å². The van der Waals surface area contributed by atoms with Gasteiger partial charge in [-0.05, 0) is 25.0 Å². The van der Waals surface area contributed by atoms with Gasteiger partial charge in [-0.15, -0.1) is 0 Å². The number of allylic oxidation sites excluding steroid dienone is 2. The Morgan fingerprint density at radius 3 is 2.90 bits per heavy atom. The largest absolute Gasteiger partial charge is 0.377 e. The van der Waals surface area contributed by atoms with Crippen LogP contribution < -0.4 is 4.90 Å². The predicted octanol–water partition coefficient (Wildman–Crippen LogP) is 3.56. The lowest BCUT2D eigenvalue weighted by Gasteiger charge is -2.47. The van der Waals surface area contributed by atoms with E-state index in [2.05, 4.69) is 38.0 Å². The topological polar surface area (TPSA) is 25.4 Å². The van der Waals surface area contributed by atoms with E-state index in [9.17, 15) is 0 Å². The second-order valence-corrected chi connectivity index (χ2v) is 6.86. The first-order valence-corrected chi connectivity index (χ1v) is 7.60. The van der Waals surface area contributed by atoms with Crippen LogP contribution in [0.4, 0.5) is 5.69 Å². The van der Waals surface area contributed by atoms with Crippen LogP contribution in [0.25, 0.3) is 5.57 Å². The summed E-state index contributed by atoms with van der Waals surface area (Å²) in [4.78, 5) is 7.25. The monoisotopic (exact) mass is 284 g/mol. The lowest BCUT2D eigenvalue weighted by atomic mass is 9.77. The number of morpholine rings is 1. The van der Waals surface area contributed by atoms with Crippen molar-refractivity contribution in [1.82, 2.24) is 4.98 Å². The lowest BCUT2D eigenvalue weighted by Crippen LogP contribution is -2.52. The molecule has 2 aliphatic rings. The van der Waals surface area contributed by atoms with Gasteiger partial charge < -0.3 is 9.64 Å². The fourth-order valence-corrected chi connectivity index (χ4v) is 3.43. The zero-order valence-electron chi connectivity index (χ0n) is 13.3. The van der Waals surface area contributed by atoms with Gasteiger partial charge >= 0.3 is 0 Å². The fraction of sp³-hybridized carbons (Fsp3) is 0.500. The van der Waals surface area contributed by atoms with Crippen molar-refractivity contribution in [3.8, 4) is 0 Å². The molecule has 3 rings (SSSR count). The summed E-state index contributed by atoms with van der Waals surface area (Å²) in [6.45, 7) is 17.2. The minimum atomic E-state index is 0.0836. The average molecular weight is 284 g/mol. The SMILES string of the molecule is C=C(C)C(=C)c1cnc2c(c1)N1CCOCC1CC2(C)C. The van der Waals surface area contributed by atoms with E-state index in [1.807, 2.05) is 13.1 Å². The van der Waals surface area contributed by atoms with Crippen LogP contribution in [-0.4, -0.2) is 30.8 Å². The van der Waals surface area contributed by atoms with E-state index in [1.54, 1.807) is 0 Å². The molecule has 0 saturated carbocycles. The molecule has 3 nitrogen and oxygen atoms in total. The maximum absolute atomic E-state index is 5.67. The molecule has 0 radical (unpaired) electrons. The molecule has 3 heteroatoms. The van der Waals surface area contributed by atoms with Crippen LogP contribution >= 0.6 is 0 Å². The average Bonchev–Trinajstić information content (AvgIpc) is 2.45. The molecule has 0 aliphatic carbocycles. The van der Waals surface area contributed by atoms with Crippen LogP contribution in [0.15, 0.2) is 31.0 Å². The minimum Gasteiger partial charge on any atom is -0.377 e. The molecule has 0 bridgehead atoms. The maximum Gasteiger partial charge on any atom is 0.0694 e. The molecule has 1 aromatic rings. The van der Waals surface area contributed by atoms with E-state index in [4.69, 9.17) is 9.72 Å². The van der Waals surface area contributed by atoms with E-state index >= 15 is 0 Å². The van der Waals surface area contributed by atoms with Crippen molar-refractivity contribution in [2.24, 2.45) is 0 Å². The molecule has 0 N–H and O–H groups in total. The third-order valence-electron chi connectivity index (χ3n) is 4.66. The van der Waals surface area contributed by atoms with Crippen LogP contribution in [0, 0.1) is 0 Å². The number of nitrogens with zero attached hydrogens (tertiary/aromatic N) is 2. The zero-order chi connectivity index (χ0) is 15.2. The first-order valence-electron chi connectivity index (χ1n) is 7.60. The summed E-state index contributed by atoms with van der Waals surface area (Å²) < 4.78 is 5.67. The molecule has 0 spiro atoms. The van der Waals surface area contributed by atoms with Crippen molar-refractivity contribution in [1.29, 1.82) is 0 Å². The van der Waals surface area contributed by atoms with Crippen molar-refractivity contribution in [2.45, 2.75) is 38.6 Å². The summed E-state index contributed by atoms with van der Waals surface area (Å²) in [5.41, 5.74) is 5.56. The molecule has 21 heavy (non-hydrogen) atoms. The molecular formula is C18H24N2O. The molecule has 0 aromatic carbocycles. The minimum absolute atomic E-state index is 0.0836. The third-order valence-corrected chi connectivity index (χ3v) is 4.66. The first-order chi connectivity index (χ1) is 9.90. The molecule has 0 amide bonds. The molecule has 1 aromatic heterocycles. The number of pyridine rings is 1. The summed E-state index contributed by atoms with van der Waals surface area (Å²) >= 11 is 0. The van der Waals surface area contributed by atoms with Gasteiger partial charge in [-0.25, -0.2) is 0 Å². The zero-order valence-corrected chi connectivity index (χ0v) is 13.3. The number of fused-ring (bicyclic) bond motifs is 3. The van der Waals surface area contributed by atoms with Gasteiger partial charge in [0.25, 0.3) is 0 Å². The molecule has 112 valence electrons. The Morgan fingerprint density at radius 1 is 1.43 bits per heavy atom.